The first kappa shape index (κ1) is 19.7. The minimum atomic E-state index is -0.447. The van der Waals surface area contributed by atoms with Crippen molar-refractivity contribution in [3.05, 3.63) is 35.4 Å². The molecular formula is C20H24N2O4. The second-order valence-corrected chi connectivity index (χ2v) is 6.24. The van der Waals surface area contributed by atoms with Crippen molar-refractivity contribution in [3.63, 3.8) is 0 Å². The molecule has 1 fully saturated rings. The summed E-state index contributed by atoms with van der Waals surface area (Å²) in [5.74, 6) is -0.161. The number of amides is 1. The zero-order valence-corrected chi connectivity index (χ0v) is 15.0. The number of hydrogen-bond acceptors (Lipinski definition) is 5. The summed E-state index contributed by atoms with van der Waals surface area (Å²) in [5.41, 5.74) is 0.689. The van der Waals surface area contributed by atoms with Crippen LogP contribution in [0, 0.1) is 17.2 Å². The zero-order valence-electron chi connectivity index (χ0n) is 15.0. The van der Waals surface area contributed by atoms with Crippen molar-refractivity contribution in [1.82, 2.24) is 5.32 Å². The van der Waals surface area contributed by atoms with Crippen molar-refractivity contribution >= 4 is 18.0 Å². The van der Waals surface area contributed by atoms with Crippen LogP contribution in [0.15, 0.2) is 29.8 Å². The summed E-state index contributed by atoms with van der Waals surface area (Å²) < 4.78 is 10.3. The van der Waals surface area contributed by atoms with Crippen LogP contribution in [0.5, 0.6) is 5.75 Å². The average Bonchev–Trinajstić information content (AvgIpc) is 2.68. The number of benzene rings is 1. The molecule has 1 N–H and O–H groups in total. The van der Waals surface area contributed by atoms with Gasteiger partial charge in [-0.3, -0.25) is 9.59 Å². The molecule has 0 unspecified atom stereocenters. The molecule has 1 aliphatic rings. The summed E-state index contributed by atoms with van der Waals surface area (Å²) in [4.78, 5) is 24.1. The molecule has 1 aliphatic carbocycles. The summed E-state index contributed by atoms with van der Waals surface area (Å²) in [6.07, 6.45) is 6.62. The lowest BCUT2D eigenvalue weighted by molar-refractivity contribution is -0.140. The van der Waals surface area contributed by atoms with Gasteiger partial charge >= 0.3 is 5.97 Å². The van der Waals surface area contributed by atoms with E-state index in [0.29, 0.717) is 24.5 Å². The van der Waals surface area contributed by atoms with Crippen LogP contribution in [0.4, 0.5) is 0 Å². The fourth-order valence-electron chi connectivity index (χ4n) is 2.85. The van der Waals surface area contributed by atoms with Crippen LogP contribution in [-0.4, -0.2) is 32.1 Å². The Bertz CT molecular complexity index is 683. The molecule has 6 heteroatoms. The lowest BCUT2D eigenvalue weighted by Gasteiger charge is -2.19. The van der Waals surface area contributed by atoms with Crippen LogP contribution in [0.3, 0.4) is 0 Å². The molecule has 1 aromatic carbocycles. The maximum absolute atomic E-state index is 12.2. The van der Waals surface area contributed by atoms with Crippen molar-refractivity contribution in [3.8, 4) is 11.8 Å². The summed E-state index contributed by atoms with van der Waals surface area (Å²) in [7, 11) is 1.54. The Hall–Kier alpha value is -2.65. The number of carbonyl (C=O) groups is 2. The van der Waals surface area contributed by atoms with Gasteiger partial charge in [0.2, 0.25) is 0 Å². The normalized spacial score (nSPS) is 15.2. The number of rotatable bonds is 7. The highest BCUT2D eigenvalue weighted by Crippen LogP contribution is 2.25. The smallest absolute Gasteiger partial charge is 0.314 e. The number of nitrogens with zero attached hydrogens (tertiary/aromatic N) is 1. The second kappa shape index (κ2) is 10.4. The van der Waals surface area contributed by atoms with Gasteiger partial charge in [-0.1, -0.05) is 31.4 Å². The monoisotopic (exact) mass is 356 g/mol. The minimum absolute atomic E-state index is 0.00746. The van der Waals surface area contributed by atoms with E-state index < -0.39 is 5.91 Å². The third-order valence-corrected chi connectivity index (χ3v) is 4.30. The fraction of sp³-hybridized carbons (Fsp3) is 0.450. The third kappa shape index (κ3) is 6.01. The first-order valence-corrected chi connectivity index (χ1v) is 8.84. The van der Waals surface area contributed by atoms with Crippen LogP contribution in [-0.2, 0) is 14.3 Å². The molecule has 138 valence electrons. The Morgan fingerprint density at radius 1 is 1.23 bits per heavy atom. The fourth-order valence-corrected chi connectivity index (χ4v) is 2.85. The van der Waals surface area contributed by atoms with Gasteiger partial charge < -0.3 is 14.8 Å². The van der Waals surface area contributed by atoms with Gasteiger partial charge in [0.1, 0.15) is 17.4 Å². The van der Waals surface area contributed by atoms with Crippen molar-refractivity contribution in [2.75, 3.05) is 20.3 Å². The number of nitrogens with one attached hydrogen (secondary N) is 1. The lowest BCUT2D eigenvalue weighted by Crippen LogP contribution is -2.27. The molecule has 1 amide bonds. The number of esters is 1. The SMILES string of the molecule is COCCNC(=O)/C(C#N)=C/c1ccc(OC(=O)C2CCCCC2)cc1. The third-order valence-electron chi connectivity index (χ3n) is 4.30. The Balaban J connectivity index is 1.95. The first-order valence-electron chi connectivity index (χ1n) is 8.84. The van der Waals surface area contributed by atoms with Crippen molar-refractivity contribution in [2.24, 2.45) is 5.92 Å². The molecule has 1 aromatic rings. The molecule has 2 rings (SSSR count). The number of methoxy groups -OCH3 is 1. The zero-order chi connectivity index (χ0) is 18.8. The molecule has 26 heavy (non-hydrogen) atoms. The molecule has 0 aliphatic heterocycles. The Morgan fingerprint density at radius 2 is 1.92 bits per heavy atom. The van der Waals surface area contributed by atoms with Crippen LogP contribution in [0.1, 0.15) is 37.7 Å². The quantitative estimate of drug-likeness (QED) is 0.267. The molecule has 0 saturated heterocycles. The summed E-state index contributed by atoms with van der Waals surface area (Å²) in [6, 6.07) is 8.66. The number of carbonyl (C=O) groups excluding carboxylic acids is 2. The summed E-state index contributed by atoms with van der Waals surface area (Å²) in [5, 5.41) is 11.8. The molecule has 0 heterocycles. The molecule has 1 saturated carbocycles. The highest BCUT2D eigenvalue weighted by molar-refractivity contribution is 6.01. The van der Waals surface area contributed by atoms with Gasteiger partial charge in [-0.15, -0.1) is 0 Å². The van der Waals surface area contributed by atoms with E-state index in [1.54, 1.807) is 24.3 Å². The molecule has 6 nitrogen and oxygen atoms in total. The van der Waals surface area contributed by atoms with E-state index in [-0.39, 0.29) is 17.5 Å². The average molecular weight is 356 g/mol. The van der Waals surface area contributed by atoms with Gasteiger partial charge in [-0.25, -0.2) is 0 Å². The predicted molar refractivity (Wildman–Crippen MR) is 97.1 cm³/mol. The minimum Gasteiger partial charge on any atom is -0.426 e. The number of nitriles is 1. The van der Waals surface area contributed by atoms with Crippen LogP contribution < -0.4 is 10.1 Å². The standard InChI is InChI=1S/C20H24N2O4/c1-25-12-11-22-19(23)17(14-21)13-15-7-9-18(10-8-15)26-20(24)16-5-3-2-4-6-16/h7-10,13,16H,2-6,11-12H2,1H3,(H,22,23)/b17-13+. The van der Waals surface area contributed by atoms with Gasteiger partial charge in [0, 0.05) is 13.7 Å². The predicted octanol–water partition coefficient (Wildman–Crippen LogP) is 2.84. The molecular weight excluding hydrogens is 332 g/mol. The molecule has 0 aromatic heterocycles. The topological polar surface area (TPSA) is 88.4 Å². The molecule has 0 bridgehead atoms. The van der Waals surface area contributed by atoms with E-state index >= 15 is 0 Å². The highest BCUT2D eigenvalue weighted by Gasteiger charge is 2.22. The Morgan fingerprint density at radius 3 is 2.54 bits per heavy atom. The maximum atomic E-state index is 12.2. The van der Waals surface area contributed by atoms with E-state index in [4.69, 9.17) is 14.7 Å². The molecule has 0 radical (unpaired) electrons. The lowest BCUT2D eigenvalue weighted by atomic mass is 9.89. The van der Waals surface area contributed by atoms with Crippen molar-refractivity contribution in [2.45, 2.75) is 32.1 Å². The van der Waals surface area contributed by atoms with Crippen LogP contribution in [0.25, 0.3) is 6.08 Å². The van der Waals surface area contributed by atoms with Gasteiger partial charge in [0.15, 0.2) is 0 Å². The van der Waals surface area contributed by atoms with Gasteiger partial charge in [-0.05, 0) is 36.6 Å². The van der Waals surface area contributed by atoms with Crippen molar-refractivity contribution in [1.29, 1.82) is 5.26 Å². The maximum Gasteiger partial charge on any atom is 0.314 e. The Kier molecular flexibility index (Phi) is 7.84. The van der Waals surface area contributed by atoms with E-state index in [2.05, 4.69) is 5.32 Å². The van der Waals surface area contributed by atoms with E-state index in [0.717, 1.165) is 25.7 Å². The molecule has 0 spiro atoms. The van der Waals surface area contributed by atoms with E-state index in [1.807, 2.05) is 6.07 Å². The van der Waals surface area contributed by atoms with E-state index in [9.17, 15) is 9.59 Å². The van der Waals surface area contributed by atoms with E-state index in [1.165, 1.54) is 19.6 Å². The summed E-state index contributed by atoms with van der Waals surface area (Å²) >= 11 is 0. The largest absolute Gasteiger partial charge is 0.426 e. The van der Waals surface area contributed by atoms with Gasteiger partial charge in [0.25, 0.3) is 5.91 Å². The van der Waals surface area contributed by atoms with Crippen LogP contribution >= 0.6 is 0 Å². The van der Waals surface area contributed by atoms with Crippen LogP contribution in [0.2, 0.25) is 0 Å². The van der Waals surface area contributed by atoms with Gasteiger partial charge in [0.05, 0.1) is 12.5 Å². The number of hydrogen-bond donors (Lipinski definition) is 1. The highest BCUT2D eigenvalue weighted by atomic mass is 16.5. The van der Waals surface area contributed by atoms with Crippen molar-refractivity contribution < 1.29 is 19.1 Å². The summed E-state index contributed by atoms with van der Waals surface area (Å²) in [6.45, 7) is 0.718. The van der Waals surface area contributed by atoms with Gasteiger partial charge in [-0.2, -0.15) is 5.26 Å². The first-order chi connectivity index (χ1) is 12.6. The Labute approximate surface area is 153 Å². The number of ether oxygens (including phenoxy) is 2. The second-order valence-electron chi connectivity index (χ2n) is 6.24. The molecule has 0 atom stereocenters.